The summed E-state index contributed by atoms with van der Waals surface area (Å²) in [7, 11) is 0. The van der Waals surface area contributed by atoms with E-state index in [0.717, 1.165) is 28.5 Å². The molecule has 22 heavy (non-hydrogen) atoms. The molecule has 1 saturated carbocycles. The summed E-state index contributed by atoms with van der Waals surface area (Å²) in [5.41, 5.74) is 9.39. The third kappa shape index (κ3) is 2.20. The maximum Gasteiger partial charge on any atom is 0.154 e. The number of aliphatic imine (C=N–C) groups is 1. The molecule has 2 aliphatic rings. The second-order valence-electron chi connectivity index (χ2n) is 5.98. The zero-order valence-corrected chi connectivity index (χ0v) is 13.1. The van der Waals surface area contributed by atoms with Crippen molar-refractivity contribution in [2.45, 2.75) is 24.8 Å². The van der Waals surface area contributed by atoms with E-state index in [1.807, 2.05) is 12.4 Å². The highest BCUT2D eigenvalue weighted by Gasteiger charge is 2.46. The van der Waals surface area contributed by atoms with Gasteiger partial charge in [-0.25, -0.2) is 9.97 Å². The molecule has 112 valence electrons. The molecule has 0 radical (unpaired) electrons. The molecular formula is C17H18N4S. The summed E-state index contributed by atoms with van der Waals surface area (Å²) in [6, 6.07) is 8.64. The number of hydrogen-bond acceptors (Lipinski definition) is 5. The van der Waals surface area contributed by atoms with Crippen LogP contribution < -0.4 is 5.73 Å². The summed E-state index contributed by atoms with van der Waals surface area (Å²) >= 11 is 1.70. The van der Waals surface area contributed by atoms with E-state index in [0.29, 0.717) is 5.92 Å². The molecule has 2 atom stereocenters. The monoisotopic (exact) mass is 310 g/mol. The second-order valence-corrected chi connectivity index (χ2v) is 7.02. The molecule has 1 aromatic heterocycles. The lowest BCUT2D eigenvalue weighted by atomic mass is 9.81. The van der Waals surface area contributed by atoms with Crippen LogP contribution in [0.2, 0.25) is 0 Å². The van der Waals surface area contributed by atoms with Crippen LogP contribution >= 0.6 is 11.8 Å². The van der Waals surface area contributed by atoms with Crippen molar-refractivity contribution in [2.75, 3.05) is 5.75 Å². The number of nitrogens with zero attached hydrogens (tertiary/aromatic N) is 3. The highest BCUT2D eigenvalue weighted by Crippen LogP contribution is 2.51. The van der Waals surface area contributed by atoms with Crippen molar-refractivity contribution < 1.29 is 0 Å². The van der Waals surface area contributed by atoms with Gasteiger partial charge in [-0.2, -0.15) is 0 Å². The molecule has 1 fully saturated rings. The van der Waals surface area contributed by atoms with Gasteiger partial charge in [-0.15, -0.1) is 0 Å². The highest BCUT2D eigenvalue weighted by atomic mass is 32.2. The minimum absolute atomic E-state index is 0.124. The van der Waals surface area contributed by atoms with E-state index in [9.17, 15) is 0 Å². The Kier molecular flexibility index (Phi) is 3.37. The molecule has 0 saturated heterocycles. The average molecular weight is 310 g/mol. The van der Waals surface area contributed by atoms with E-state index < -0.39 is 0 Å². The highest BCUT2D eigenvalue weighted by molar-refractivity contribution is 8.13. The van der Waals surface area contributed by atoms with Crippen molar-refractivity contribution >= 4 is 16.9 Å². The van der Waals surface area contributed by atoms with Crippen LogP contribution in [0.5, 0.6) is 0 Å². The Labute approximate surface area is 134 Å². The minimum Gasteiger partial charge on any atom is -0.379 e. The first-order chi connectivity index (χ1) is 10.8. The standard InChI is InChI=1S/C17H18N4S/c18-16-21-17(6-2-5-15(17)10-22-16)14-4-1-3-12(7-14)13-8-19-11-20-9-13/h1,3-4,7-9,11,15H,2,5-6,10H2,(H2,18,21). The predicted octanol–water partition coefficient (Wildman–Crippen LogP) is 3.20. The summed E-state index contributed by atoms with van der Waals surface area (Å²) < 4.78 is 0. The van der Waals surface area contributed by atoms with Crippen molar-refractivity contribution in [3.8, 4) is 11.1 Å². The first kappa shape index (κ1) is 13.8. The first-order valence-electron chi connectivity index (χ1n) is 7.62. The Balaban J connectivity index is 1.81. The number of nitrogens with two attached hydrogens (primary N) is 1. The van der Waals surface area contributed by atoms with Crippen molar-refractivity contribution in [2.24, 2.45) is 16.6 Å². The molecule has 0 amide bonds. The van der Waals surface area contributed by atoms with Gasteiger partial charge in [-0.05, 0) is 36.0 Å². The van der Waals surface area contributed by atoms with E-state index in [1.54, 1.807) is 18.1 Å². The third-order valence-electron chi connectivity index (χ3n) is 4.78. The number of rotatable bonds is 2. The van der Waals surface area contributed by atoms with Crippen LogP contribution in [0.3, 0.4) is 0 Å². The maximum absolute atomic E-state index is 6.06. The number of aromatic nitrogens is 2. The van der Waals surface area contributed by atoms with E-state index in [4.69, 9.17) is 10.7 Å². The summed E-state index contributed by atoms with van der Waals surface area (Å²) in [6.07, 6.45) is 8.81. The van der Waals surface area contributed by atoms with Gasteiger partial charge in [-0.3, -0.25) is 4.99 Å². The lowest BCUT2D eigenvalue weighted by Gasteiger charge is -2.36. The van der Waals surface area contributed by atoms with Gasteiger partial charge in [0, 0.05) is 23.7 Å². The normalized spacial score (nSPS) is 27.3. The summed E-state index contributed by atoms with van der Waals surface area (Å²) in [5, 5.41) is 0.728. The van der Waals surface area contributed by atoms with Crippen LogP contribution in [-0.2, 0) is 5.54 Å². The van der Waals surface area contributed by atoms with Crippen LogP contribution in [-0.4, -0.2) is 20.9 Å². The van der Waals surface area contributed by atoms with Crippen LogP contribution in [0.1, 0.15) is 24.8 Å². The first-order valence-corrected chi connectivity index (χ1v) is 8.60. The van der Waals surface area contributed by atoms with Crippen LogP contribution in [0.25, 0.3) is 11.1 Å². The molecule has 0 spiro atoms. The second kappa shape index (κ2) is 5.39. The zero-order chi connectivity index (χ0) is 15.0. The topological polar surface area (TPSA) is 64.2 Å². The Morgan fingerprint density at radius 2 is 2.05 bits per heavy atom. The van der Waals surface area contributed by atoms with E-state index in [-0.39, 0.29) is 5.54 Å². The Hall–Kier alpha value is -1.88. The van der Waals surface area contributed by atoms with Crippen molar-refractivity contribution in [3.63, 3.8) is 0 Å². The van der Waals surface area contributed by atoms with E-state index in [1.165, 1.54) is 18.4 Å². The van der Waals surface area contributed by atoms with Gasteiger partial charge in [0.15, 0.2) is 5.17 Å². The van der Waals surface area contributed by atoms with Crippen LogP contribution in [0.15, 0.2) is 48.0 Å². The largest absolute Gasteiger partial charge is 0.379 e. The molecule has 2 heterocycles. The maximum atomic E-state index is 6.06. The van der Waals surface area contributed by atoms with Gasteiger partial charge in [0.1, 0.15) is 6.33 Å². The molecule has 2 aromatic rings. The lowest BCUT2D eigenvalue weighted by molar-refractivity contribution is 0.356. The number of thioether (sulfide) groups is 1. The summed E-state index contributed by atoms with van der Waals surface area (Å²) in [4.78, 5) is 13.1. The Morgan fingerprint density at radius 3 is 2.91 bits per heavy atom. The Morgan fingerprint density at radius 1 is 1.18 bits per heavy atom. The van der Waals surface area contributed by atoms with Gasteiger partial charge in [0.2, 0.25) is 0 Å². The molecule has 1 aliphatic carbocycles. The molecule has 4 rings (SSSR count). The van der Waals surface area contributed by atoms with Crippen LogP contribution in [0, 0.1) is 5.92 Å². The van der Waals surface area contributed by atoms with Crippen molar-refractivity contribution in [1.29, 1.82) is 0 Å². The molecular weight excluding hydrogens is 292 g/mol. The van der Waals surface area contributed by atoms with E-state index in [2.05, 4.69) is 34.2 Å². The summed E-state index contributed by atoms with van der Waals surface area (Å²) in [6.45, 7) is 0. The number of benzene rings is 1. The minimum atomic E-state index is -0.124. The molecule has 1 aliphatic heterocycles. The quantitative estimate of drug-likeness (QED) is 0.925. The number of fused-ring (bicyclic) bond motifs is 1. The van der Waals surface area contributed by atoms with Gasteiger partial charge < -0.3 is 5.73 Å². The number of amidine groups is 1. The zero-order valence-electron chi connectivity index (χ0n) is 12.3. The molecule has 2 unspecified atom stereocenters. The molecule has 5 heteroatoms. The summed E-state index contributed by atoms with van der Waals surface area (Å²) in [5.74, 6) is 1.67. The average Bonchev–Trinajstić information content (AvgIpc) is 3.00. The van der Waals surface area contributed by atoms with Gasteiger partial charge in [0.05, 0.1) is 5.54 Å². The molecule has 0 bridgehead atoms. The van der Waals surface area contributed by atoms with Crippen molar-refractivity contribution in [3.05, 3.63) is 48.5 Å². The number of hydrogen-bond donors (Lipinski definition) is 1. The van der Waals surface area contributed by atoms with Gasteiger partial charge >= 0.3 is 0 Å². The predicted molar refractivity (Wildman–Crippen MR) is 90.6 cm³/mol. The fourth-order valence-electron chi connectivity index (χ4n) is 3.70. The molecule has 4 nitrogen and oxygen atoms in total. The van der Waals surface area contributed by atoms with Gasteiger partial charge in [-0.1, -0.05) is 36.4 Å². The smallest absolute Gasteiger partial charge is 0.154 e. The molecule has 1 aromatic carbocycles. The lowest BCUT2D eigenvalue weighted by Crippen LogP contribution is -2.36. The van der Waals surface area contributed by atoms with Crippen molar-refractivity contribution in [1.82, 2.24) is 9.97 Å². The fourth-order valence-corrected chi connectivity index (χ4v) is 4.75. The van der Waals surface area contributed by atoms with Gasteiger partial charge in [0.25, 0.3) is 0 Å². The SMILES string of the molecule is NC1=NC2(c3cccc(-c4cncnc4)c3)CCCC2CS1. The third-order valence-corrected chi connectivity index (χ3v) is 5.74. The fraction of sp³-hybridized carbons (Fsp3) is 0.353. The van der Waals surface area contributed by atoms with E-state index >= 15 is 0 Å². The molecule has 2 N–H and O–H groups in total. The Bertz CT molecular complexity index is 716. The van der Waals surface area contributed by atoms with Crippen LogP contribution in [0.4, 0.5) is 0 Å².